The van der Waals surface area contributed by atoms with Crippen molar-refractivity contribution in [2.75, 3.05) is 13.2 Å². The van der Waals surface area contributed by atoms with Crippen LogP contribution in [0.2, 0.25) is 0 Å². The molecule has 0 aromatic rings. The van der Waals surface area contributed by atoms with E-state index in [2.05, 4.69) is 0 Å². The van der Waals surface area contributed by atoms with E-state index in [9.17, 15) is 0 Å². The molecule has 4 fully saturated rings. The Morgan fingerprint density at radius 3 is 2.75 bits per heavy atom. The smallest absolute Gasteiger partial charge is 0.172 e. The molecule has 0 aromatic heterocycles. The van der Waals surface area contributed by atoms with Gasteiger partial charge in [0.2, 0.25) is 0 Å². The van der Waals surface area contributed by atoms with Crippen molar-refractivity contribution in [3.8, 4) is 0 Å². The number of hydrogen-bond acceptors (Lipinski definition) is 3. The lowest BCUT2D eigenvalue weighted by atomic mass is 9.69. The fourth-order valence-corrected chi connectivity index (χ4v) is 3.26. The van der Waals surface area contributed by atoms with Gasteiger partial charge in [-0.25, -0.2) is 0 Å². The van der Waals surface area contributed by atoms with E-state index in [1.54, 1.807) is 0 Å². The number of ether oxygens (including phenoxy) is 3. The van der Waals surface area contributed by atoms with Crippen LogP contribution in [0.1, 0.15) is 12.8 Å². The third kappa shape index (κ3) is 0.543. The molecule has 2 heterocycles. The van der Waals surface area contributed by atoms with E-state index in [1.807, 2.05) is 0 Å². The van der Waals surface area contributed by atoms with E-state index >= 15 is 0 Å². The van der Waals surface area contributed by atoms with E-state index in [0.717, 1.165) is 25.6 Å². The van der Waals surface area contributed by atoms with Crippen LogP contribution in [0, 0.1) is 11.8 Å². The first-order valence-electron chi connectivity index (χ1n) is 4.82. The van der Waals surface area contributed by atoms with E-state index in [4.69, 9.17) is 14.2 Å². The lowest BCUT2D eigenvalue weighted by Gasteiger charge is -2.48. The molecule has 66 valence electrons. The van der Waals surface area contributed by atoms with Gasteiger partial charge in [0.05, 0.1) is 25.4 Å². The minimum absolute atomic E-state index is 0.151. The van der Waals surface area contributed by atoms with Gasteiger partial charge in [-0.3, -0.25) is 0 Å². The maximum absolute atomic E-state index is 5.68. The summed E-state index contributed by atoms with van der Waals surface area (Å²) in [6.07, 6.45) is 3.40. The van der Waals surface area contributed by atoms with Gasteiger partial charge in [-0.05, 0) is 6.42 Å². The highest BCUT2D eigenvalue weighted by atomic mass is 16.7. The zero-order chi connectivity index (χ0) is 7.76. The SMILES string of the molecule is C1COC2(C[C@H]3[C@H]4O[C@H]4C[C@H]32)O1. The molecule has 3 heteroatoms. The second-order valence-corrected chi connectivity index (χ2v) is 4.36. The quantitative estimate of drug-likeness (QED) is 0.494. The Morgan fingerprint density at radius 2 is 2.00 bits per heavy atom. The van der Waals surface area contributed by atoms with E-state index in [-0.39, 0.29) is 5.79 Å². The Hall–Kier alpha value is -0.120. The van der Waals surface area contributed by atoms with Crippen molar-refractivity contribution in [1.82, 2.24) is 0 Å². The van der Waals surface area contributed by atoms with E-state index in [0.29, 0.717) is 18.1 Å². The van der Waals surface area contributed by atoms with E-state index in [1.165, 1.54) is 6.42 Å². The molecule has 0 aromatic carbocycles. The summed E-state index contributed by atoms with van der Waals surface area (Å²) in [4.78, 5) is 0. The second-order valence-electron chi connectivity index (χ2n) is 4.36. The van der Waals surface area contributed by atoms with Crippen molar-refractivity contribution >= 4 is 0 Å². The van der Waals surface area contributed by atoms with Crippen LogP contribution in [0.25, 0.3) is 0 Å². The molecule has 4 aliphatic rings. The molecule has 0 bridgehead atoms. The average Bonchev–Trinajstić information content (AvgIpc) is 2.55. The van der Waals surface area contributed by atoms with E-state index < -0.39 is 0 Å². The Bertz CT molecular complexity index is 234. The topological polar surface area (TPSA) is 31.0 Å². The molecule has 2 saturated carbocycles. The highest BCUT2D eigenvalue weighted by Crippen LogP contribution is 2.63. The Balaban J connectivity index is 1.63. The van der Waals surface area contributed by atoms with Crippen LogP contribution in [0.4, 0.5) is 0 Å². The molecule has 4 atom stereocenters. The number of rotatable bonds is 0. The first-order valence-corrected chi connectivity index (χ1v) is 4.82. The van der Waals surface area contributed by atoms with Crippen LogP contribution >= 0.6 is 0 Å². The Morgan fingerprint density at radius 1 is 1.17 bits per heavy atom. The van der Waals surface area contributed by atoms with Crippen LogP contribution in [0.5, 0.6) is 0 Å². The van der Waals surface area contributed by atoms with Gasteiger partial charge in [-0.2, -0.15) is 0 Å². The lowest BCUT2D eigenvalue weighted by molar-refractivity contribution is -0.277. The van der Waals surface area contributed by atoms with Gasteiger partial charge in [0.15, 0.2) is 5.79 Å². The van der Waals surface area contributed by atoms with Gasteiger partial charge in [-0.1, -0.05) is 0 Å². The Kier molecular flexibility index (Phi) is 0.908. The molecule has 0 radical (unpaired) electrons. The van der Waals surface area contributed by atoms with Crippen molar-refractivity contribution in [2.45, 2.75) is 30.8 Å². The summed E-state index contributed by atoms with van der Waals surface area (Å²) >= 11 is 0. The molecule has 0 amide bonds. The summed E-state index contributed by atoms with van der Waals surface area (Å²) in [7, 11) is 0. The largest absolute Gasteiger partial charge is 0.369 e. The second kappa shape index (κ2) is 1.72. The third-order valence-electron chi connectivity index (χ3n) is 3.91. The van der Waals surface area contributed by atoms with Gasteiger partial charge >= 0.3 is 0 Å². The fourth-order valence-electron chi connectivity index (χ4n) is 3.26. The average molecular weight is 168 g/mol. The maximum Gasteiger partial charge on any atom is 0.172 e. The molecule has 2 aliphatic carbocycles. The third-order valence-corrected chi connectivity index (χ3v) is 3.91. The molecular weight excluding hydrogens is 156 g/mol. The van der Waals surface area contributed by atoms with Gasteiger partial charge in [0.1, 0.15) is 0 Å². The molecule has 3 nitrogen and oxygen atoms in total. The van der Waals surface area contributed by atoms with Crippen LogP contribution in [0.15, 0.2) is 0 Å². The minimum Gasteiger partial charge on any atom is -0.369 e. The van der Waals surface area contributed by atoms with Crippen molar-refractivity contribution in [3.63, 3.8) is 0 Å². The number of hydrogen-bond donors (Lipinski definition) is 0. The van der Waals surface area contributed by atoms with Crippen LogP contribution in [-0.2, 0) is 14.2 Å². The highest BCUT2D eigenvalue weighted by molar-refractivity contribution is 5.15. The van der Waals surface area contributed by atoms with Crippen molar-refractivity contribution in [1.29, 1.82) is 0 Å². The zero-order valence-electron chi connectivity index (χ0n) is 6.86. The predicted octanol–water partition coefficient (Wildman–Crippen LogP) is 0.537. The molecule has 12 heavy (non-hydrogen) atoms. The molecule has 0 N–H and O–H groups in total. The van der Waals surface area contributed by atoms with Crippen LogP contribution in [0.3, 0.4) is 0 Å². The first-order chi connectivity index (χ1) is 5.89. The van der Waals surface area contributed by atoms with Gasteiger partial charge in [-0.15, -0.1) is 0 Å². The van der Waals surface area contributed by atoms with Gasteiger partial charge < -0.3 is 14.2 Å². The molecule has 4 rings (SSSR count). The highest BCUT2D eigenvalue weighted by Gasteiger charge is 2.70. The molecule has 2 saturated heterocycles. The summed E-state index contributed by atoms with van der Waals surface area (Å²) in [5.74, 6) is 1.26. The number of fused-ring (bicyclic) bond motifs is 4. The van der Waals surface area contributed by atoms with Crippen molar-refractivity contribution < 1.29 is 14.2 Å². The maximum atomic E-state index is 5.68. The number of epoxide rings is 1. The normalized spacial score (nSPS) is 58.0. The lowest BCUT2D eigenvalue weighted by Crippen LogP contribution is -2.54. The van der Waals surface area contributed by atoms with Crippen LogP contribution < -0.4 is 0 Å². The molecule has 0 unspecified atom stereocenters. The first kappa shape index (κ1) is 6.35. The summed E-state index contributed by atoms with van der Waals surface area (Å²) in [6, 6.07) is 0. The summed E-state index contributed by atoms with van der Waals surface area (Å²) in [6.45, 7) is 1.58. The summed E-state index contributed by atoms with van der Waals surface area (Å²) in [5, 5.41) is 0. The van der Waals surface area contributed by atoms with Crippen LogP contribution in [-0.4, -0.2) is 31.2 Å². The van der Waals surface area contributed by atoms with Crippen molar-refractivity contribution in [3.05, 3.63) is 0 Å². The minimum atomic E-state index is -0.151. The van der Waals surface area contributed by atoms with Crippen molar-refractivity contribution in [2.24, 2.45) is 11.8 Å². The fraction of sp³-hybridized carbons (Fsp3) is 1.00. The monoisotopic (exact) mass is 168 g/mol. The standard InChI is InChI=1S/C9H12O3/c1-2-11-9(10-1)4-5-6(9)3-7-8(5)12-7/h5-8H,1-4H2/t5-,6-,7+,8-/m1/s1. The van der Waals surface area contributed by atoms with Gasteiger partial charge in [0, 0.05) is 18.3 Å². The molecular formula is C9H12O3. The predicted molar refractivity (Wildman–Crippen MR) is 39.5 cm³/mol. The summed E-state index contributed by atoms with van der Waals surface area (Å²) in [5.41, 5.74) is 0. The summed E-state index contributed by atoms with van der Waals surface area (Å²) < 4.78 is 16.8. The van der Waals surface area contributed by atoms with Gasteiger partial charge in [0.25, 0.3) is 0 Å². The zero-order valence-corrected chi connectivity index (χ0v) is 6.86. The molecule has 2 aliphatic heterocycles. The molecule has 1 spiro atoms. The Labute approximate surface area is 71.0 Å².